The van der Waals surface area contributed by atoms with Gasteiger partial charge in [0, 0.05) is 44.0 Å². The molecule has 1 saturated heterocycles. The Balaban J connectivity index is 1.78. The second-order valence-corrected chi connectivity index (χ2v) is 7.19. The smallest absolute Gasteiger partial charge is 0.222 e. The van der Waals surface area contributed by atoms with E-state index < -0.39 is 0 Å². The van der Waals surface area contributed by atoms with E-state index in [9.17, 15) is 9.59 Å². The maximum Gasteiger partial charge on any atom is 0.222 e. The van der Waals surface area contributed by atoms with Crippen molar-refractivity contribution in [3.05, 3.63) is 16.1 Å². The number of carbonyl (C=O) groups is 2. The van der Waals surface area contributed by atoms with Crippen LogP contribution in [0.3, 0.4) is 0 Å². The van der Waals surface area contributed by atoms with Gasteiger partial charge in [0.2, 0.25) is 5.91 Å². The normalized spacial score (nSPS) is 18.8. The molecule has 2 rings (SSSR count). The van der Waals surface area contributed by atoms with E-state index in [1.54, 1.807) is 18.3 Å². The molecule has 4 nitrogen and oxygen atoms in total. The second-order valence-electron chi connectivity index (χ2n) is 5.05. The van der Waals surface area contributed by atoms with Crippen LogP contribution in [0.1, 0.15) is 31.0 Å². The van der Waals surface area contributed by atoms with Gasteiger partial charge in [0.25, 0.3) is 0 Å². The Morgan fingerprint density at radius 2 is 2.40 bits per heavy atom. The van der Waals surface area contributed by atoms with Crippen LogP contribution in [0.4, 0.5) is 0 Å². The van der Waals surface area contributed by atoms with Crippen LogP contribution < -0.4 is 0 Å². The highest BCUT2D eigenvalue weighted by Gasteiger charge is 2.29. The molecular weight excluding hydrogens is 292 g/mol. The average molecular weight is 312 g/mol. The van der Waals surface area contributed by atoms with Gasteiger partial charge in [-0.15, -0.1) is 11.3 Å². The molecule has 2 heterocycles. The predicted octanol–water partition coefficient (Wildman–Crippen LogP) is 2.38. The number of rotatable bonds is 6. The molecule has 1 aliphatic heterocycles. The van der Waals surface area contributed by atoms with Gasteiger partial charge in [-0.1, -0.05) is 18.7 Å². The molecule has 20 heavy (non-hydrogen) atoms. The number of thioether (sulfide) groups is 1. The highest BCUT2D eigenvalue weighted by Crippen LogP contribution is 2.22. The van der Waals surface area contributed by atoms with Gasteiger partial charge in [-0.25, -0.2) is 4.98 Å². The number of aryl methyl sites for hydroxylation is 1. The lowest BCUT2D eigenvalue weighted by Gasteiger charge is -2.15. The molecule has 1 amide bonds. The first-order valence-electron chi connectivity index (χ1n) is 6.93. The highest BCUT2D eigenvalue weighted by molar-refractivity contribution is 8.13. The van der Waals surface area contributed by atoms with E-state index in [1.807, 2.05) is 4.90 Å². The van der Waals surface area contributed by atoms with Crippen molar-refractivity contribution in [1.29, 1.82) is 0 Å². The third-order valence-electron chi connectivity index (χ3n) is 3.36. The highest BCUT2D eigenvalue weighted by atomic mass is 32.2. The summed E-state index contributed by atoms with van der Waals surface area (Å²) in [5.74, 6) is 1.29. The minimum Gasteiger partial charge on any atom is -0.342 e. The molecule has 1 aliphatic rings. The quantitative estimate of drug-likeness (QED) is 0.809. The Kier molecular flexibility index (Phi) is 5.60. The van der Waals surface area contributed by atoms with Gasteiger partial charge in [-0.3, -0.25) is 9.59 Å². The summed E-state index contributed by atoms with van der Waals surface area (Å²) in [6.07, 6.45) is 2.38. The van der Waals surface area contributed by atoms with E-state index in [1.165, 1.54) is 11.8 Å². The number of carbonyl (C=O) groups excluding carboxylic acids is 2. The van der Waals surface area contributed by atoms with E-state index in [-0.39, 0.29) is 11.0 Å². The van der Waals surface area contributed by atoms with Gasteiger partial charge in [0.1, 0.15) is 0 Å². The summed E-state index contributed by atoms with van der Waals surface area (Å²) in [6, 6.07) is 0. The number of nitrogens with zero attached hydrogens (tertiary/aromatic N) is 2. The van der Waals surface area contributed by atoms with Crippen LogP contribution in [0.5, 0.6) is 0 Å². The molecule has 1 fully saturated rings. The largest absolute Gasteiger partial charge is 0.342 e. The molecule has 0 aliphatic carbocycles. The fourth-order valence-electron chi connectivity index (χ4n) is 2.29. The molecule has 0 bridgehead atoms. The number of amides is 1. The molecular formula is C14H20N2O2S2. The molecule has 1 unspecified atom stereocenters. The Labute approximate surface area is 128 Å². The van der Waals surface area contributed by atoms with E-state index in [0.29, 0.717) is 12.3 Å². The molecule has 6 heteroatoms. The maximum absolute atomic E-state index is 11.9. The summed E-state index contributed by atoms with van der Waals surface area (Å²) in [4.78, 5) is 29.3. The van der Waals surface area contributed by atoms with Gasteiger partial charge < -0.3 is 4.90 Å². The fraction of sp³-hybridized carbons (Fsp3) is 0.643. The number of thiazole rings is 1. The van der Waals surface area contributed by atoms with Crippen molar-refractivity contribution in [3.63, 3.8) is 0 Å². The summed E-state index contributed by atoms with van der Waals surface area (Å²) in [5, 5.41) is 3.37. The number of hydrogen-bond donors (Lipinski definition) is 0. The third kappa shape index (κ3) is 4.31. The third-order valence-corrected chi connectivity index (χ3v) is 5.44. The first-order valence-corrected chi connectivity index (χ1v) is 8.79. The lowest BCUT2D eigenvalue weighted by Crippen LogP contribution is -2.27. The van der Waals surface area contributed by atoms with Crippen molar-refractivity contribution in [1.82, 2.24) is 9.88 Å². The molecule has 0 spiro atoms. The van der Waals surface area contributed by atoms with Crippen molar-refractivity contribution in [2.24, 2.45) is 5.92 Å². The lowest BCUT2D eigenvalue weighted by molar-refractivity contribution is -0.127. The first kappa shape index (κ1) is 15.5. The summed E-state index contributed by atoms with van der Waals surface area (Å²) in [5.41, 5.74) is 1.08. The molecule has 0 radical (unpaired) electrons. The van der Waals surface area contributed by atoms with Crippen LogP contribution in [0, 0.1) is 5.92 Å². The van der Waals surface area contributed by atoms with Crippen LogP contribution in [-0.2, 0) is 22.4 Å². The molecule has 110 valence electrons. The first-order chi connectivity index (χ1) is 9.58. The topological polar surface area (TPSA) is 50.3 Å². The molecule has 1 aromatic rings. The minimum atomic E-state index is 0.130. The summed E-state index contributed by atoms with van der Waals surface area (Å²) < 4.78 is 0. The van der Waals surface area contributed by atoms with Crippen molar-refractivity contribution in [2.45, 2.75) is 33.1 Å². The van der Waals surface area contributed by atoms with Gasteiger partial charge >= 0.3 is 0 Å². The molecule has 1 aromatic heterocycles. The standard InChI is InChI=1S/C14H20N2O2S2/c1-3-13-15-12(9-20-13)4-5-16-7-11(6-14(16)18)8-19-10(2)17/h9,11H,3-8H2,1-2H3. The second kappa shape index (κ2) is 7.22. The number of hydrogen-bond acceptors (Lipinski definition) is 5. The SMILES string of the molecule is CCc1nc(CCN2CC(CSC(C)=O)CC2=O)cs1. The lowest BCUT2D eigenvalue weighted by atomic mass is 10.1. The monoisotopic (exact) mass is 312 g/mol. The zero-order valence-electron chi connectivity index (χ0n) is 11.9. The van der Waals surface area contributed by atoms with Crippen LogP contribution in [0.2, 0.25) is 0 Å². The van der Waals surface area contributed by atoms with Crippen molar-refractivity contribution >= 4 is 34.1 Å². The Morgan fingerprint density at radius 3 is 3.05 bits per heavy atom. The molecule has 0 aromatic carbocycles. The van der Waals surface area contributed by atoms with Gasteiger partial charge in [0.05, 0.1) is 10.7 Å². The molecule has 0 saturated carbocycles. The summed E-state index contributed by atoms with van der Waals surface area (Å²) >= 11 is 3.01. The average Bonchev–Trinajstić information content (AvgIpc) is 3.00. The Bertz CT molecular complexity index is 487. The van der Waals surface area contributed by atoms with Crippen LogP contribution >= 0.6 is 23.1 Å². The minimum absolute atomic E-state index is 0.130. The van der Waals surface area contributed by atoms with Gasteiger partial charge in [-0.05, 0) is 12.3 Å². The zero-order chi connectivity index (χ0) is 14.5. The Morgan fingerprint density at radius 1 is 1.60 bits per heavy atom. The summed E-state index contributed by atoms with van der Waals surface area (Å²) in [6.45, 7) is 5.20. The van der Waals surface area contributed by atoms with Crippen molar-refractivity contribution < 1.29 is 9.59 Å². The molecule has 1 atom stereocenters. The molecule has 0 N–H and O–H groups in total. The van der Waals surface area contributed by atoms with Crippen LogP contribution in [-0.4, -0.2) is 39.7 Å². The Hall–Kier alpha value is -0.880. The van der Waals surface area contributed by atoms with E-state index in [0.717, 1.165) is 42.4 Å². The van der Waals surface area contributed by atoms with E-state index in [4.69, 9.17) is 0 Å². The predicted molar refractivity (Wildman–Crippen MR) is 83.0 cm³/mol. The van der Waals surface area contributed by atoms with Crippen LogP contribution in [0.15, 0.2) is 5.38 Å². The van der Waals surface area contributed by atoms with Crippen molar-refractivity contribution in [2.75, 3.05) is 18.8 Å². The summed E-state index contributed by atoms with van der Waals surface area (Å²) in [7, 11) is 0. The maximum atomic E-state index is 11.9. The van der Waals surface area contributed by atoms with E-state index in [2.05, 4.69) is 17.3 Å². The zero-order valence-corrected chi connectivity index (χ0v) is 13.6. The van der Waals surface area contributed by atoms with Gasteiger partial charge in [-0.2, -0.15) is 0 Å². The fourth-order valence-corrected chi connectivity index (χ4v) is 3.77. The van der Waals surface area contributed by atoms with Crippen molar-refractivity contribution in [3.8, 4) is 0 Å². The number of aromatic nitrogens is 1. The van der Waals surface area contributed by atoms with Gasteiger partial charge in [0.15, 0.2) is 5.12 Å². The number of likely N-dealkylation sites (tertiary alicyclic amines) is 1. The van der Waals surface area contributed by atoms with E-state index >= 15 is 0 Å². The van der Waals surface area contributed by atoms with Crippen LogP contribution in [0.25, 0.3) is 0 Å².